The van der Waals surface area contributed by atoms with Gasteiger partial charge in [-0.2, -0.15) is 0 Å². The van der Waals surface area contributed by atoms with Crippen molar-refractivity contribution in [2.75, 3.05) is 0 Å². The van der Waals surface area contributed by atoms with E-state index in [2.05, 4.69) is 15.0 Å². The minimum Gasteiger partial charge on any atom is -0.364 e. The Bertz CT molecular complexity index is 1580. The van der Waals surface area contributed by atoms with Gasteiger partial charge >= 0.3 is 0 Å². The molecule has 5 aromatic rings. The van der Waals surface area contributed by atoms with Crippen LogP contribution < -0.4 is 5.73 Å². The molecule has 0 unspecified atom stereocenters. The third kappa shape index (κ3) is 3.34. The van der Waals surface area contributed by atoms with E-state index in [0.29, 0.717) is 27.9 Å². The second kappa shape index (κ2) is 7.51. The first kappa shape index (κ1) is 20.8. The molecule has 2 aromatic carbocycles. The van der Waals surface area contributed by atoms with Gasteiger partial charge in [0, 0.05) is 23.5 Å². The summed E-state index contributed by atoms with van der Waals surface area (Å²) in [7, 11) is 1.95. The maximum Gasteiger partial charge on any atom is 0.266 e. The van der Waals surface area contributed by atoms with E-state index in [-0.39, 0.29) is 6.54 Å². The number of carbonyl (C=O) groups is 1. The van der Waals surface area contributed by atoms with Crippen LogP contribution in [0.15, 0.2) is 42.6 Å². The van der Waals surface area contributed by atoms with Gasteiger partial charge in [-0.25, -0.2) is 9.37 Å². The zero-order valence-electron chi connectivity index (χ0n) is 18.8. The van der Waals surface area contributed by atoms with Crippen molar-refractivity contribution in [3.8, 4) is 11.1 Å². The van der Waals surface area contributed by atoms with Crippen molar-refractivity contribution >= 4 is 27.8 Å². The van der Waals surface area contributed by atoms with Crippen LogP contribution in [0.4, 0.5) is 4.39 Å². The number of carbonyl (C=O) groups excluding carboxylic acids is 1. The molecule has 0 aliphatic rings. The van der Waals surface area contributed by atoms with Crippen molar-refractivity contribution in [3.63, 3.8) is 0 Å². The SMILES string of the molecule is Cc1ncc(Cn2c(C(N)=O)c(-c3ccc4c(c3)nc(C)n4C)c3cc(F)ccc32)nc1C. The molecular formula is C25H23FN6O. The highest BCUT2D eigenvalue weighted by Crippen LogP contribution is 2.37. The lowest BCUT2D eigenvalue weighted by molar-refractivity contribution is 0.0993. The van der Waals surface area contributed by atoms with Gasteiger partial charge < -0.3 is 14.9 Å². The summed E-state index contributed by atoms with van der Waals surface area (Å²) >= 11 is 0. The van der Waals surface area contributed by atoms with Crippen molar-refractivity contribution in [1.82, 2.24) is 24.1 Å². The van der Waals surface area contributed by atoms with Crippen LogP contribution in [0.25, 0.3) is 33.1 Å². The molecule has 0 fully saturated rings. The van der Waals surface area contributed by atoms with E-state index in [1.165, 1.54) is 12.1 Å². The van der Waals surface area contributed by atoms with Crippen LogP contribution in [0, 0.1) is 26.6 Å². The fourth-order valence-electron chi connectivity index (χ4n) is 4.34. The van der Waals surface area contributed by atoms with Crippen molar-refractivity contribution < 1.29 is 9.18 Å². The minimum absolute atomic E-state index is 0.277. The van der Waals surface area contributed by atoms with E-state index in [1.807, 2.05) is 50.6 Å². The Hall–Kier alpha value is -4.07. The zero-order chi connectivity index (χ0) is 23.4. The molecule has 5 rings (SSSR count). The molecule has 33 heavy (non-hydrogen) atoms. The second-order valence-corrected chi connectivity index (χ2v) is 8.29. The summed E-state index contributed by atoms with van der Waals surface area (Å²) in [5.74, 6) is -0.118. The number of hydrogen-bond acceptors (Lipinski definition) is 4. The van der Waals surface area contributed by atoms with Crippen LogP contribution in [0.5, 0.6) is 0 Å². The van der Waals surface area contributed by atoms with E-state index in [0.717, 1.165) is 33.8 Å². The van der Waals surface area contributed by atoms with Crippen molar-refractivity contribution in [2.24, 2.45) is 12.8 Å². The van der Waals surface area contributed by atoms with Crippen LogP contribution in [0.2, 0.25) is 0 Å². The molecular weight excluding hydrogens is 419 g/mol. The van der Waals surface area contributed by atoms with Crippen LogP contribution in [0.3, 0.4) is 0 Å². The maximum absolute atomic E-state index is 14.3. The Morgan fingerprint density at radius 1 is 1.03 bits per heavy atom. The number of primary amides is 1. The molecule has 3 aromatic heterocycles. The Kier molecular flexibility index (Phi) is 4.74. The minimum atomic E-state index is -0.601. The molecule has 0 atom stereocenters. The topological polar surface area (TPSA) is 91.6 Å². The fraction of sp³-hybridized carbons (Fsp3) is 0.200. The molecule has 0 saturated heterocycles. The van der Waals surface area contributed by atoms with Crippen LogP contribution in [-0.4, -0.2) is 30.0 Å². The highest BCUT2D eigenvalue weighted by Gasteiger charge is 2.24. The predicted molar refractivity (Wildman–Crippen MR) is 125 cm³/mol. The molecule has 0 aliphatic carbocycles. The number of rotatable bonds is 4. The van der Waals surface area contributed by atoms with Crippen molar-refractivity contribution in [2.45, 2.75) is 27.3 Å². The standard InChI is InChI=1S/C25H23FN6O/c1-13-14(2)29-18(11-28-13)12-32-21-8-6-17(26)10-19(21)23(24(32)25(27)33)16-5-7-22-20(9-16)30-15(3)31(22)4/h5-11H,12H2,1-4H3,(H2,27,33). The Balaban J connectivity index is 1.79. The maximum atomic E-state index is 14.3. The molecule has 2 N–H and O–H groups in total. The summed E-state index contributed by atoms with van der Waals surface area (Å²) in [4.78, 5) is 26.4. The smallest absolute Gasteiger partial charge is 0.266 e. The Morgan fingerprint density at radius 3 is 2.52 bits per heavy atom. The number of benzene rings is 2. The number of aryl methyl sites for hydroxylation is 4. The van der Waals surface area contributed by atoms with Gasteiger partial charge in [0.1, 0.15) is 17.3 Å². The molecule has 7 nitrogen and oxygen atoms in total. The number of nitrogens with two attached hydrogens (primary N) is 1. The number of fused-ring (bicyclic) bond motifs is 2. The van der Waals surface area contributed by atoms with Gasteiger partial charge in [0.25, 0.3) is 5.91 Å². The monoisotopic (exact) mass is 442 g/mol. The molecule has 0 saturated carbocycles. The van der Waals surface area contributed by atoms with Gasteiger partial charge in [-0.3, -0.25) is 14.8 Å². The highest BCUT2D eigenvalue weighted by molar-refractivity contribution is 6.10. The lowest BCUT2D eigenvalue weighted by Gasteiger charge is -2.11. The lowest BCUT2D eigenvalue weighted by atomic mass is 10.0. The number of imidazole rings is 1. The van der Waals surface area contributed by atoms with Crippen LogP contribution in [0.1, 0.15) is 33.4 Å². The zero-order valence-corrected chi connectivity index (χ0v) is 18.8. The predicted octanol–water partition coefficient (Wildman–Crippen LogP) is 4.20. The summed E-state index contributed by atoms with van der Waals surface area (Å²) in [5, 5.41) is 0.604. The van der Waals surface area contributed by atoms with Crippen molar-refractivity contribution in [1.29, 1.82) is 0 Å². The third-order valence-electron chi connectivity index (χ3n) is 6.21. The summed E-state index contributed by atoms with van der Waals surface area (Å²) in [6.07, 6.45) is 1.69. The number of amides is 1. The fourth-order valence-corrected chi connectivity index (χ4v) is 4.34. The average molecular weight is 442 g/mol. The van der Waals surface area contributed by atoms with E-state index >= 15 is 0 Å². The van der Waals surface area contributed by atoms with Gasteiger partial charge in [0.2, 0.25) is 0 Å². The first-order valence-corrected chi connectivity index (χ1v) is 10.6. The van der Waals surface area contributed by atoms with Gasteiger partial charge in [-0.1, -0.05) is 6.07 Å². The molecule has 0 radical (unpaired) electrons. The van der Waals surface area contributed by atoms with Crippen molar-refractivity contribution in [3.05, 3.63) is 77.0 Å². The number of aromatic nitrogens is 5. The lowest BCUT2D eigenvalue weighted by Crippen LogP contribution is -2.19. The molecule has 3 heterocycles. The largest absolute Gasteiger partial charge is 0.364 e. The average Bonchev–Trinajstić information content (AvgIpc) is 3.24. The Labute approximate surface area is 189 Å². The number of hydrogen-bond donors (Lipinski definition) is 1. The number of nitrogens with zero attached hydrogens (tertiary/aromatic N) is 5. The van der Waals surface area contributed by atoms with E-state index in [1.54, 1.807) is 16.8 Å². The molecule has 166 valence electrons. The van der Waals surface area contributed by atoms with Crippen LogP contribution in [-0.2, 0) is 13.6 Å². The van der Waals surface area contributed by atoms with E-state index in [4.69, 9.17) is 5.73 Å². The summed E-state index contributed by atoms with van der Waals surface area (Å²) in [5.41, 5.74) is 12.3. The Morgan fingerprint density at radius 2 is 1.79 bits per heavy atom. The molecule has 0 bridgehead atoms. The highest BCUT2D eigenvalue weighted by atomic mass is 19.1. The summed E-state index contributed by atoms with van der Waals surface area (Å²) in [6.45, 7) is 5.99. The normalized spacial score (nSPS) is 11.5. The third-order valence-corrected chi connectivity index (χ3v) is 6.21. The first-order valence-electron chi connectivity index (χ1n) is 10.6. The van der Waals surface area contributed by atoms with Gasteiger partial charge in [-0.15, -0.1) is 0 Å². The van der Waals surface area contributed by atoms with Gasteiger partial charge in [0.05, 0.1) is 40.9 Å². The van der Waals surface area contributed by atoms with Gasteiger partial charge in [0.15, 0.2) is 0 Å². The van der Waals surface area contributed by atoms with Gasteiger partial charge in [-0.05, 0) is 56.7 Å². The molecule has 8 heteroatoms. The first-order chi connectivity index (χ1) is 15.7. The summed E-state index contributed by atoms with van der Waals surface area (Å²) in [6, 6.07) is 10.3. The second-order valence-electron chi connectivity index (χ2n) is 8.29. The van der Waals surface area contributed by atoms with E-state index < -0.39 is 11.7 Å². The van der Waals surface area contributed by atoms with E-state index in [9.17, 15) is 9.18 Å². The summed E-state index contributed by atoms with van der Waals surface area (Å²) < 4.78 is 18.1. The van der Waals surface area contributed by atoms with Crippen LogP contribution >= 0.6 is 0 Å². The molecule has 0 spiro atoms. The quantitative estimate of drug-likeness (QED) is 0.452. The number of halogens is 1. The molecule has 0 aliphatic heterocycles. The molecule has 1 amide bonds.